The van der Waals surface area contributed by atoms with Gasteiger partial charge in [0.2, 0.25) is 0 Å². The first-order valence-electron chi connectivity index (χ1n) is 6.31. The lowest BCUT2D eigenvalue weighted by molar-refractivity contribution is -0.143. The van der Waals surface area contributed by atoms with Crippen molar-refractivity contribution in [2.45, 2.75) is 12.6 Å². The van der Waals surface area contributed by atoms with Crippen molar-refractivity contribution in [3.05, 3.63) is 70.2 Å². The number of aliphatic carboxylic acids is 1. The van der Waals surface area contributed by atoms with Crippen LogP contribution in [0.2, 0.25) is 0 Å². The fraction of sp³-hybridized carbons (Fsp3) is 0.188. The molecular formula is C16H16BrNO2. The van der Waals surface area contributed by atoms with Crippen molar-refractivity contribution in [3.8, 4) is 0 Å². The number of hydrogen-bond acceptors (Lipinski definition) is 2. The molecule has 0 aliphatic heterocycles. The van der Waals surface area contributed by atoms with Crippen molar-refractivity contribution in [2.24, 2.45) is 0 Å². The Hall–Kier alpha value is -1.65. The Bertz CT molecular complexity index is 586. The van der Waals surface area contributed by atoms with Gasteiger partial charge in [0.05, 0.1) is 0 Å². The second-order valence-corrected chi connectivity index (χ2v) is 5.51. The zero-order valence-electron chi connectivity index (χ0n) is 11.2. The van der Waals surface area contributed by atoms with Crippen molar-refractivity contribution >= 4 is 21.9 Å². The van der Waals surface area contributed by atoms with E-state index in [9.17, 15) is 9.90 Å². The maximum Gasteiger partial charge on any atom is 0.325 e. The molecule has 2 aromatic carbocycles. The molecule has 0 aliphatic rings. The summed E-state index contributed by atoms with van der Waals surface area (Å²) >= 11 is 3.49. The summed E-state index contributed by atoms with van der Waals surface area (Å²) in [5, 5.41) is 9.49. The van der Waals surface area contributed by atoms with Gasteiger partial charge in [0.15, 0.2) is 0 Å². The number of rotatable bonds is 5. The lowest BCUT2D eigenvalue weighted by atomic mass is 10.1. The number of nitrogens with zero attached hydrogens (tertiary/aromatic N) is 1. The summed E-state index contributed by atoms with van der Waals surface area (Å²) in [5.74, 6) is -0.842. The van der Waals surface area contributed by atoms with Gasteiger partial charge in [-0.25, -0.2) is 0 Å². The minimum absolute atomic E-state index is 0.563. The average Bonchev–Trinajstić information content (AvgIpc) is 2.42. The lowest BCUT2D eigenvalue weighted by Crippen LogP contribution is -2.30. The molecule has 2 aromatic rings. The maximum absolute atomic E-state index is 11.6. The normalized spacial score (nSPS) is 12.3. The smallest absolute Gasteiger partial charge is 0.325 e. The Morgan fingerprint density at radius 3 is 2.35 bits per heavy atom. The molecule has 4 heteroatoms. The summed E-state index contributed by atoms with van der Waals surface area (Å²) in [7, 11) is 1.82. The fourth-order valence-electron chi connectivity index (χ4n) is 2.21. The zero-order chi connectivity index (χ0) is 14.5. The van der Waals surface area contributed by atoms with Gasteiger partial charge >= 0.3 is 5.97 Å². The second kappa shape index (κ2) is 6.68. The lowest BCUT2D eigenvalue weighted by Gasteiger charge is -2.25. The molecule has 0 saturated carbocycles. The third kappa shape index (κ3) is 3.46. The molecule has 2 rings (SSSR count). The minimum Gasteiger partial charge on any atom is -0.480 e. The van der Waals surface area contributed by atoms with Gasteiger partial charge in [-0.15, -0.1) is 0 Å². The monoisotopic (exact) mass is 333 g/mol. The van der Waals surface area contributed by atoms with Crippen molar-refractivity contribution in [1.82, 2.24) is 4.90 Å². The number of likely N-dealkylation sites (N-methyl/N-ethyl adjacent to an activating group) is 1. The summed E-state index contributed by atoms with van der Waals surface area (Å²) < 4.78 is 0.990. The molecule has 0 bridgehead atoms. The van der Waals surface area contributed by atoms with E-state index in [2.05, 4.69) is 15.9 Å². The number of benzene rings is 2. The fourth-order valence-corrected chi connectivity index (χ4v) is 2.62. The first kappa shape index (κ1) is 14.8. The molecule has 0 radical (unpaired) electrons. The van der Waals surface area contributed by atoms with Gasteiger partial charge in [-0.3, -0.25) is 9.69 Å². The number of hydrogen-bond donors (Lipinski definition) is 1. The van der Waals surface area contributed by atoms with Crippen LogP contribution in [0.15, 0.2) is 59.1 Å². The van der Waals surface area contributed by atoms with Gasteiger partial charge < -0.3 is 5.11 Å². The van der Waals surface area contributed by atoms with Gasteiger partial charge in [0.25, 0.3) is 0 Å². The summed E-state index contributed by atoms with van der Waals surface area (Å²) in [5.41, 5.74) is 1.85. The molecule has 0 spiro atoms. The second-order valence-electron chi connectivity index (χ2n) is 4.66. The third-order valence-electron chi connectivity index (χ3n) is 3.17. The van der Waals surface area contributed by atoms with Crippen LogP contribution in [0.5, 0.6) is 0 Å². The van der Waals surface area contributed by atoms with Crippen LogP contribution in [-0.4, -0.2) is 23.0 Å². The number of carboxylic acids is 1. The molecule has 0 aromatic heterocycles. The largest absolute Gasteiger partial charge is 0.480 e. The van der Waals surface area contributed by atoms with E-state index in [4.69, 9.17) is 0 Å². The molecule has 0 fully saturated rings. The van der Waals surface area contributed by atoms with Gasteiger partial charge in [-0.05, 0) is 24.2 Å². The first-order chi connectivity index (χ1) is 9.59. The molecule has 1 unspecified atom stereocenters. The van der Waals surface area contributed by atoms with Crippen molar-refractivity contribution in [1.29, 1.82) is 0 Å². The first-order valence-corrected chi connectivity index (χ1v) is 7.10. The maximum atomic E-state index is 11.6. The summed E-state index contributed by atoms with van der Waals surface area (Å²) in [6, 6.07) is 16.5. The molecule has 0 amide bonds. The molecule has 1 N–H and O–H groups in total. The standard InChI is InChI=1S/C16H16BrNO2/c1-18(11-13-9-5-6-10-14(13)17)15(16(19)20)12-7-3-2-4-8-12/h2-10,15H,11H2,1H3,(H,19,20). The van der Waals surface area contributed by atoms with Crippen LogP contribution in [0.3, 0.4) is 0 Å². The van der Waals surface area contributed by atoms with Crippen LogP contribution < -0.4 is 0 Å². The molecule has 20 heavy (non-hydrogen) atoms. The van der Waals surface area contributed by atoms with E-state index in [1.807, 2.05) is 66.5 Å². The van der Waals surface area contributed by atoms with E-state index >= 15 is 0 Å². The van der Waals surface area contributed by atoms with Crippen LogP contribution in [0.1, 0.15) is 17.2 Å². The van der Waals surface area contributed by atoms with E-state index in [0.29, 0.717) is 6.54 Å². The quantitative estimate of drug-likeness (QED) is 0.906. The Morgan fingerprint density at radius 2 is 1.75 bits per heavy atom. The molecule has 0 saturated heterocycles. The highest BCUT2D eigenvalue weighted by atomic mass is 79.9. The summed E-state index contributed by atoms with van der Waals surface area (Å²) in [6.45, 7) is 0.563. The highest BCUT2D eigenvalue weighted by Crippen LogP contribution is 2.24. The molecule has 104 valence electrons. The number of carbonyl (C=O) groups is 1. The van der Waals surface area contributed by atoms with Crippen LogP contribution in [0, 0.1) is 0 Å². The van der Waals surface area contributed by atoms with Gasteiger partial charge in [0.1, 0.15) is 6.04 Å². The van der Waals surface area contributed by atoms with Crippen molar-refractivity contribution in [2.75, 3.05) is 7.05 Å². The Kier molecular flexibility index (Phi) is 4.93. The van der Waals surface area contributed by atoms with E-state index in [1.54, 1.807) is 0 Å². The van der Waals surface area contributed by atoms with Gasteiger partial charge in [-0.1, -0.05) is 64.5 Å². The zero-order valence-corrected chi connectivity index (χ0v) is 12.7. The van der Waals surface area contributed by atoms with Crippen LogP contribution >= 0.6 is 15.9 Å². The van der Waals surface area contributed by atoms with E-state index in [1.165, 1.54) is 0 Å². The molecule has 0 heterocycles. The molecule has 3 nitrogen and oxygen atoms in total. The Labute approximate surface area is 127 Å². The highest BCUT2D eigenvalue weighted by Gasteiger charge is 2.24. The topological polar surface area (TPSA) is 40.5 Å². The van der Waals surface area contributed by atoms with E-state index in [0.717, 1.165) is 15.6 Å². The number of halogens is 1. The molecular weight excluding hydrogens is 318 g/mol. The Morgan fingerprint density at radius 1 is 1.15 bits per heavy atom. The van der Waals surface area contributed by atoms with Crippen molar-refractivity contribution < 1.29 is 9.90 Å². The van der Waals surface area contributed by atoms with E-state index < -0.39 is 12.0 Å². The summed E-state index contributed by atoms with van der Waals surface area (Å²) in [4.78, 5) is 13.4. The number of carboxylic acid groups (broad SMARTS) is 1. The average molecular weight is 334 g/mol. The van der Waals surface area contributed by atoms with Gasteiger partial charge in [-0.2, -0.15) is 0 Å². The predicted molar refractivity (Wildman–Crippen MR) is 82.4 cm³/mol. The van der Waals surface area contributed by atoms with Crippen molar-refractivity contribution in [3.63, 3.8) is 0 Å². The van der Waals surface area contributed by atoms with E-state index in [-0.39, 0.29) is 0 Å². The van der Waals surface area contributed by atoms with Gasteiger partial charge in [0, 0.05) is 11.0 Å². The van der Waals surface area contributed by atoms with Crippen LogP contribution in [0.25, 0.3) is 0 Å². The third-order valence-corrected chi connectivity index (χ3v) is 3.94. The SMILES string of the molecule is CN(Cc1ccccc1Br)C(C(=O)O)c1ccccc1. The predicted octanol–water partition coefficient (Wildman–Crippen LogP) is 3.71. The highest BCUT2D eigenvalue weighted by molar-refractivity contribution is 9.10. The van der Waals surface area contributed by atoms with Crippen LogP contribution in [0.4, 0.5) is 0 Å². The Balaban J connectivity index is 2.23. The summed E-state index contributed by atoms with van der Waals surface area (Å²) in [6.07, 6.45) is 0. The molecule has 1 atom stereocenters. The molecule has 0 aliphatic carbocycles. The minimum atomic E-state index is -0.842. The van der Waals surface area contributed by atoms with Crippen LogP contribution in [-0.2, 0) is 11.3 Å².